The first-order valence-electron chi connectivity index (χ1n) is 8.41. The lowest BCUT2D eigenvalue weighted by Crippen LogP contribution is -2.45. The Kier molecular flexibility index (Phi) is 5.50. The van der Waals surface area contributed by atoms with E-state index in [1.165, 1.54) is 6.92 Å². The molecule has 138 valence electrons. The molecule has 2 aromatic rings. The highest BCUT2D eigenvalue weighted by atomic mass is 16.7. The third-order valence-electron chi connectivity index (χ3n) is 4.48. The van der Waals surface area contributed by atoms with Crippen molar-refractivity contribution in [2.75, 3.05) is 0 Å². The van der Waals surface area contributed by atoms with Gasteiger partial charge in [-0.25, -0.2) is 0 Å². The fraction of sp³-hybridized carbons (Fsp3) is 0.350. The summed E-state index contributed by atoms with van der Waals surface area (Å²) >= 11 is 0. The van der Waals surface area contributed by atoms with E-state index in [0.717, 1.165) is 5.56 Å². The van der Waals surface area contributed by atoms with E-state index in [-0.39, 0.29) is 6.61 Å². The number of hydrogen-bond donors (Lipinski definition) is 3. The molecule has 0 saturated carbocycles. The topological polar surface area (TPSA) is 96.2 Å². The van der Waals surface area contributed by atoms with Crippen LogP contribution in [0.1, 0.15) is 22.8 Å². The van der Waals surface area contributed by atoms with Crippen LogP contribution in [0.5, 0.6) is 0 Å². The summed E-state index contributed by atoms with van der Waals surface area (Å²) in [6.07, 6.45) is -5.25. The van der Waals surface area contributed by atoms with E-state index in [0.29, 0.717) is 5.56 Å². The molecule has 0 spiro atoms. The first-order chi connectivity index (χ1) is 12.4. The Hall–Kier alpha value is -2.09. The minimum atomic E-state index is -1.93. The van der Waals surface area contributed by atoms with E-state index in [2.05, 4.69) is 0 Å². The summed E-state index contributed by atoms with van der Waals surface area (Å²) < 4.78 is 11.1. The second-order valence-corrected chi connectivity index (χ2v) is 6.52. The Morgan fingerprint density at radius 2 is 1.73 bits per heavy atom. The zero-order valence-electron chi connectivity index (χ0n) is 14.4. The first kappa shape index (κ1) is 18.7. The van der Waals surface area contributed by atoms with Crippen LogP contribution in [0.2, 0.25) is 0 Å². The molecule has 26 heavy (non-hydrogen) atoms. The summed E-state index contributed by atoms with van der Waals surface area (Å²) in [6, 6.07) is 17.5. The fourth-order valence-electron chi connectivity index (χ4n) is 3.02. The highest BCUT2D eigenvalue weighted by Gasteiger charge is 2.55. The second-order valence-electron chi connectivity index (χ2n) is 6.52. The maximum Gasteiger partial charge on any atom is 0.194 e. The molecular weight excluding hydrogens is 336 g/mol. The van der Waals surface area contributed by atoms with Crippen molar-refractivity contribution in [1.82, 2.24) is 0 Å². The van der Waals surface area contributed by atoms with Crippen molar-refractivity contribution >= 4 is 5.78 Å². The lowest BCUT2D eigenvalue weighted by molar-refractivity contribution is -0.221. The van der Waals surface area contributed by atoms with E-state index < -0.39 is 36.0 Å². The minimum Gasteiger partial charge on any atom is -0.385 e. The van der Waals surface area contributed by atoms with E-state index in [9.17, 15) is 20.1 Å². The van der Waals surface area contributed by atoms with Gasteiger partial charge in [0, 0.05) is 5.56 Å². The summed E-state index contributed by atoms with van der Waals surface area (Å²) in [6.45, 7) is 1.42. The van der Waals surface area contributed by atoms with Gasteiger partial charge in [-0.15, -0.1) is 0 Å². The summed E-state index contributed by atoms with van der Waals surface area (Å²) in [5.74, 6) is -2.49. The van der Waals surface area contributed by atoms with Gasteiger partial charge in [-0.1, -0.05) is 60.7 Å². The molecule has 1 fully saturated rings. The number of aliphatic hydroxyl groups excluding tert-OH is 2. The third-order valence-corrected chi connectivity index (χ3v) is 4.48. The van der Waals surface area contributed by atoms with Crippen LogP contribution in [0.3, 0.4) is 0 Å². The zero-order valence-corrected chi connectivity index (χ0v) is 14.4. The van der Waals surface area contributed by atoms with Crippen LogP contribution in [0, 0.1) is 0 Å². The van der Waals surface area contributed by atoms with Crippen LogP contribution in [0.4, 0.5) is 0 Å². The molecule has 1 aliphatic heterocycles. The molecule has 0 aromatic heterocycles. The van der Waals surface area contributed by atoms with E-state index in [4.69, 9.17) is 9.47 Å². The van der Waals surface area contributed by atoms with Crippen LogP contribution < -0.4 is 0 Å². The van der Waals surface area contributed by atoms with Crippen LogP contribution in [0.15, 0.2) is 60.7 Å². The van der Waals surface area contributed by atoms with Gasteiger partial charge < -0.3 is 24.8 Å². The quantitative estimate of drug-likeness (QED) is 0.674. The lowest BCUT2D eigenvalue weighted by atomic mass is 9.97. The number of hydrogen-bond acceptors (Lipinski definition) is 6. The van der Waals surface area contributed by atoms with Gasteiger partial charge in [-0.05, 0) is 12.5 Å². The van der Waals surface area contributed by atoms with E-state index in [1.807, 2.05) is 30.3 Å². The summed E-state index contributed by atoms with van der Waals surface area (Å²) in [7, 11) is 0. The summed E-state index contributed by atoms with van der Waals surface area (Å²) in [4.78, 5) is 12.5. The Morgan fingerprint density at radius 3 is 2.35 bits per heavy atom. The third kappa shape index (κ3) is 3.85. The Morgan fingerprint density at radius 1 is 1.15 bits per heavy atom. The second kappa shape index (κ2) is 7.65. The summed E-state index contributed by atoms with van der Waals surface area (Å²) in [5, 5.41) is 31.1. The van der Waals surface area contributed by atoms with Crippen molar-refractivity contribution in [2.45, 2.75) is 43.7 Å². The Bertz CT molecular complexity index is 730. The molecule has 0 bridgehead atoms. The standard InChI is InChI=1S/C20H22O6/c1-20(24)19(23)18(25-12-13-8-4-2-5-9-13)17(26-20)16(22)15(21)14-10-6-3-7-11-14/h2-11,16-19,22-24H,12H2,1H3/t16?,17-,18-,19-,20+/m1/s1. The van der Waals surface area contributed by atoms with Gasteiger partial charge in [-0.2, -0.15) is 0 Å². The minimum absolute atomic E-state index is 0.144. The molecule has 0 radical (unpaired) electrons. The molecule has 1 heterocycles. The van der Waals surface area contributed by atoms with Crippen molar-refractivity contribution in [2.24, 2.45) is 0 Å². The summed E-state index contributed by atoms with van der Waals surface area (Å²) in [5.41, 5.74) is 1.17. The number of rotatable bonds is 6. The normalized spacial score (nSPS) is 29.5. The van der Waals surface area contributed by atoms with Crippen LogP contribution in [-0.4, -0.2) is 51.3 Å². The maximum absolute atomic E-state index is 12.5. The number of ether oxygens (including phenoxy) is 2. The number of aliphatic hydroxyl groups is 3. The predicted molar refractivity (Wildman–Crippen MR) is 93.3 cm³/mol. The number of benzene rings is 2. The van der Waals surface area contributed by atoms with Gasteiger partial charge in [-0.3, -0.25) is 4.79 Å². The monoisotopic (exact) mass is 358 g/mol. The molecule has 2 aromatic carbocycles. The highest BCUT2D eigenvalue weighted by molar-refractivity contribution is 5.99. The molecule has 6 heteroatoms. The molecule has 1 unspecified atom stereocenters. The molecule has 3 N–H and O–H groups in total. The van der Waals surface area contributed by atoms with Crippen molar-refractivity contribution in [1.29, 1.82) is 0 Å². The molecular formula is C20H22O6. The van der Waals surface area contributed by atoms with E-state index in [1.54, 1.807) is 30.3 Å². The largest absolute Gasteiger partial charge is 0.385 e. The zero-order chi connectivity index (χ0) is 18.7. The van der Waals surface area contributed by atoms with Gasteiger partial charge in [0.15, 0.2) is 11.6 Å². The van der Waals surface area contributed by atoms with Gasteiger partial charge in [0.05, 0.1) is 6.61 Å². The number of Topliss-reactive ketones (excluding diaryl/α,β-unsaturated/α-hetero) is 1. The van der Waals surface area contributed by atoms with Crippen molar-refractivity contribution < 1.29 is 29.6 Å². The average molecular weight is 358 g/mol. The van der Waals surface area contributed by atoms with Crippen molar-refractivity contribution in [3.63, 3.8) is 0 Å². The molecule has 0 aliphatic carbocycles. The van der Waals surface area contributed by atoms with Crippen molar-refractivity contribution in [3.8, 4) is 0 Å². The molecule has 1 saturated heterocycles. The number of ketones is 1. The molecule has 1 aliphatic rings. The predicted octanol–water partition coefficient (Wildman–Crippen LogP) is 1.28. The van der Waals surface area contributed by atoms with Gasteiger partial charge in [0.1, 0.15) is 24.4 Å². The fourth-order valence-corrected chi connectivity index (χ4v) is 3.02. The maximum atomic E-state index is 12.5. The molecule has 3 rings (SSSR count). The van der Waals surface area contributed by atoms with Crippen LogP contribution in [-0.2, 0) is 16.1 Å². The highest BCUT2D eigenvalue weighted by Crippen LogP contribution is 2.34. The first-order valence-corrected chi connectivity index (χ1v) is 8.41. The Balaban J connectivity index is 1.77. The van der Waals surface area contributed by atoms with Crippen molar-refractivity contribution in [3.05, 3.63) is 71.8 Å². The number of carbonyl (C=O) groups is 1. The molecule has 0 amide bonds. The lowest BCUT2D eigenvalue weighted by Gasteiger charge is -2.24. The van der Waals surface area contributed by atoms with E-state index >= 15 is 0 Å². The Labute approximate surface area is 151 Å². The number of carbonyl (C=O) groups excluding carboxylic acids is 1. The van der Waals surface area contributed by atoms with Crippen LogP contribution in [0.25, 0.3) is 0 Å². The van der Waals surface area contributed by atoms with Gasteiger partial charge in [0.2, 0.25) is 0 Å². The molecule has 5 atom stereocenters. The molecule has 6 nitrogen and oxygen atoms in total. The van der Waals surface area contributed by atoms with Gasteiger partial charge in [0.25, 0.3) is 0 Å². The SMILES string of the molecule is C[C@]1(O)O[C@H](C(O)C(=O)c2ccccc2)[C@@H](OCc2ccccc2)[C@H]1O. The van der Waals surface area contributed by atoms with Gasteiger partial charge >= 0.3 is 0 Å². The van der Waals surface area contributed by atoms with Crippen LogP contribution >= 0.6 is 0 Å². The average Bonchev–Trinajstić information content (AvgIpc) is 2.90. The smallest absolute Gasteiger partial charge is 0.194 e.